The molecule has 0 heterocycles. The second kappa shape index (κ2) is 6.20. The third-order valence-electron chi connectivity index (χ3n) is 2.68. The maximum atomic E-state index is 10.8. The highest BCUT2D eigenvalue weighted by molar-refractivity contribution is 5.54. The molecule has 1 aromatic rings. The van der Waals surface area contributed by atoms with Crippen molar-refractivity contribution in [3.05, 3.63) is 33.9 Å². The molecular formula is C12H18N2O3. The van der Waals surface area contributed by atoms with Crippen molar-refractivity contribution in [2.24, 2.45) is 5.92 Å². The summed E-state index contributed by atoms with van der Waals surface area (Å²) in [6.45, 7) is 4.60. The van der Waals surface area contributed by atoms with Crippen LogP contribution in [0.3, 0.4) is 0 Å². The highest BCUT2D eigenvalue weighted by Gasteiger charge is 2.11. The number of nitrogens with one attached hydrogen (secondary N) is 1. The minimum atomic E-state index is -0.377. The Morgan fingerprint density at radius 1 is 1.53 bits per heavy atom. The number of anilines is 1. The number of nitro groups is 1. The summed E-state index contributed by atoms with van der Waals surface area (Å²) in [7, 11) is 0. The molecule has 5 heteroatoms. The number of nitrogens with zero attached hydrogens (tertiary/aromatic N) is 1. The molecule has 17 heavy (non-hydrogen) atoms. The average molecular weight is 238 g/mol. The first kappa shape index (κ1) is 13.4. The van der Waals surface area contributed by atoms with Crippen molar-refractivity contribution in [3.8, 4) is 0 Å². The van der Waals surface area contributed by atoms with Gasteiger partial charge in [-0.05, 0) is 25.3 Å². The van der Waals surface area contributed by atoms with Gasteiger partial charge in [-0.2, -0.15) is 0 Å². The van der Waals surface area contributed by atoms with E-state index in [9.17, 15) is 10.1 Å². The maximum Gasteiger partial charge on any atom is 0.274 e. The molecular weight excluding hydrogens is 220 g/mol. The van der Waals surface area contributed by atoms with E-state index >= 15 is 0 Å². The molecule has 1 rings (SSSR count). The summed E-state index contributed by atoms with van der Waals surface area (Å²) in [5.74, 6) is 0.334. The molecule has 0 bridgehead atoms. The summed E-state index contributed by atoms with van der Waals surface area (Å²) < 4.78 is 0. The quantitative estimate of drug-likeness (QED) is 0.589. The summed E-state index contributed by atoms with van der Waals surface area (Å²) in [6.07, 6.45) is 0.723. The van der Waals surface area contributed by atoms with Crippen LogP contribution in [0.15, 0.2) is 18.2 Å². The zero-order valence-corrected chi connectivity index (χ0v) is 10.1. The van der Waals surface area contributed by atoms with Gasteiger partial charge in [0.15, 0.2) is 0 Å². The van der Waals surface area contributed by atoms with Crippen LogP contribution in [0, 0.1) is 23.0 Å². The fourth-order valence-electron chi connectivity index (χ4n) is 1.53. The summed E-state index contributed by atoms with van der Waals surface area (Å²) in [5.41, 5.74) is 1.53. The van der Waals surface area contributed by atoms with Crippen LogP contribution in [0.25, 0.3) is 0 Å². The lowest BCUT2D eigenvalue weighted by atomic mass is 10.1. The first-order chi connectivity index (χ1) is 8.04. The van der Waals surface area contributed by atoms with E-state index in [2.05, 4.69) is 5.32 Å². The maximum absolute atomic E-state index is 10.8. The van der Waals surface area contributed by atoms with E-state index in [4.69, 9.17) is 5.11 Å². The Bertz CT molecular complexity index is 393. The van der Waals surface area contributed by atoms with E-state index in [1.807, 2.05) is 13.0 Å². The van der Waals surface area contributed by atoms with Gasteiger partial charge >= 0.3 is 0 Å². The molecule has 1 aromatic carbocycles. The third-order valence-corrected chi connectivity index (χ3v) is 2.68. The molecule has 1 atom stereocenters. The predicted molar refractivity (Wildman–Crippen MR) is 67.2 cm³/mol. The number of hydrogen-bond donors (Lipinski definition) is 2. The molecule has 0 aliphatic carbocycles. The molecule has 94 valence electrons. The lowest BCUT2D eigenvalue weighted by molar-refractivity contribution is -0.385. The Hall–Kier alpha value is -1.62. The van der Waals surface area contributed by atoms with Gasteiger partial charge in [0, 0.05) is 30.5 Å². The van der Waals surface area contributed by atoms with Crippen molar-refractivity contribution >= 4 is 11.4 Å². The van der Waals surface area contributed by atoms with Crippen LogP contribution in [0.4, 0.5) is 11.4 Å². The Kier molecular flexibility index (Phi) is 4.90. The van der Waals surface area contributed by atoms with Crippen LogP contribution in [0.5, 0.6) is 0 Å². The van der Waals surface area contributed by atoms with Crippen molar-refractivity contribution in [1.82, 2.24) is 0 Å². The van der Waals surface area contributed by atoms with Crippen molar-refractivity contribution in [3.63, 3.8) is 0 Å². The second-order valence-electron chi connectivity index (χ2n) is 4.26. The van der Waals surface area contributed by atoms with E-state index in [1.165, 1.54) is 0 Å². The minimum Gasteiger partial charge on any atom is -0.396 e. The molecule has 0 aliphatic rings. The van der Waals surface area contributed by atoms with Crippen molar-refractivity contribution in [2.45, 2.75) is 20.3 Å². The summed E-state index contributed by atoms with van der Waals surface area (Å²) in [4.78, 5) is 10.4. The molecule has 2 N–H and O–H groups in total. The van der Waals surface area contributed by atoms with Gasteiger partial charge in [-0.1, -0.05) is 13.0 Å². The molecule has 0 radical (unpaired) electrons. The minimum absolute atomic E-state index is 0.129. The van der Waals surface area contributed by atoms with Gasteiger partial charge in [-0.15, -0.1) is 0 Å². The fraction of sp³-hybridized carbons (Fsp3) is 0.500. The van der Waals surface area contributed by atoms with E-state index in [1.54, 1.807) is 19.1 Å². The van der Waals surface area contributed by atoms with Gasteiger partial charge < -0.3 is 10.4 Å². The normalized spacial score (nSPS) is 12.2. The molecule has 0 amide bonds. The van der Waals surface area contributed by atoms with Crippen molar-refractivity contribution in [2.75, 3.05) is 18.5 Å². The first-order valence-corrected chi connectivity index (χ1v) is 5.64. The van der Waals surface area contributed by atoms with E-state index < -0.39 is 0 Å². The van der Waals surface area contributed by atoms with Gasteiger partial charge in [0.2, 0.25) is 0 Å². The van der Waals surface area contributed by atoms with E-state index in [0.717, 1.165) is 12.1 Å². The lowest BCUT2D eigenvalue weighted by Crippen LogP contribution is -2.12. The Morgan fingerprint density at radius 2 is 2.24 bits per heavy atom. The molecule has 0 spiro atoms. The monoisotopic (exact) mass is 238 g/mol. The number of aliphatic hydroxyl groups is 1. The van der Waals surface area contributed by atoms with Crippen LogP contribution in [-0.4, -0.2) is 23.2 Å². The lowest BCUT2D eigenvalue weighted by Gasteiger charge is -2.12. The standard InChI is InChI=1S/C12H18N2O3/c1-9(5-6-15)8-13-11-4-3-10(2)12(7-11)14(16)17/h3-4,7,9,13,15H,5-6,8H2,1-2H3. The van der Waals surface area contributed by atoms with Gasteiger partial charge in [0.05, 0.1) is 4.92 Å². The van der Waals surface area contributed by atoms with Crippen LogP contribution in [0.2, 0.25) is 0 Å². The number of benzene rings is 1. The molecule has 0 saturated carbocycles. The van der Waals surface area contributed by atoms with Crippen LogP contribution in [0.1, 0.15) is 18.9 Å². The zero-order valence-electron chi connectivity index (χ0n) is 10.1. The van der Waals surface area contributed by atoms with E-state index in [-0.39, 0.29) is 17.2 Å². The predicted octanol–water partition coefficient (Wildman–Crippen LogP) is 2.33. The van der Waals surface area contributed by atoms with Crippen LogP contribution in [-0.2, 0) is 0 Å². The van der Waals surface area contributed by atoms with Gasteiger partial charge in [0.1, 0.15) is 0 Å². The molecule has 5 nitrogen and oxygen atoms in total. The number of aliphatic hydroxyl groups excluding tert-OH is 1. The first-order valence-electron chi connectivity index (χ1n) is 5.64. The fourth-order valence-corrected chi connectivity index (χ4v) is 1.53. The Morgan fingerprint density at radius 3 is 2.82 bits per heavy atom. The molecule has 0 aromatic heterocycles. The SMILES string of the molecule is Cc1ccc(NCC(C)CCO)cc1[N+](=O)[O-]. The molecule has 0 fully saturated rings. The summed E-state index contributed by atoms with van der Waals surface area (Å²) >= 11 is 0. The summed E-state index contributed by atoms with van der Waals surface area (Å²) in [6, 6.07) is 5.10. The zero-order chi connectivity index (χ0) is 12.8. The van der Waals surface area contributed by atoms with Gasteiger partial charge in [0.25, 0.3) is 5.69 Å². The van der Waals surface area contributed by atoms with Crippen molar-refractivity contribution in [1.29, 1.82) is 0 Å². The Balaban J connectivity index is 2.66. The average Bonchev–Trinajstić information content (AvgIpc) is 2.28. The molecule has 1 unspecified atom stereocenters. The number of rotatable bonds is 6. The topological polar surface area (TPSA) is 75.4 Å². The van der Waals surface area contributed by atoms with Gasteiger partial charge in [-0.25, -0.2) is 0 Å². The van der Waals surface area contributed by atoms with Crippen LogP contribution >= 0.6 is 0 Å². The van der Waals surface area contributed by atoms with Crippen LogP contribution < -0.4 is 5.32 Å². The highest BCUT2D eigenvalue weighted by Crippen LogP contribution is 2.22. The smallest absolute Gasteiger partial charge is 0.274 e. The number of hydrogen-bond acceptors (Lipinski definition) is 4. The Labute approximate surface area is 101 Å². The van der Waals surface area contributed by atoms with Crippen molar-refractivity contribution < 1.29 is 10.0 Å². The number of nitro benzene ring substituents is 1. The largest absolute Gasteiger partial charge is 0.396 e. The third kappa shape index (κ3) is 4.03. The van der Waals surface area contributed by atoms with E-state index in [0.29, 0.717) is 18.0 Å². The molecule has 0 aliphatic heterocycles. The number of aryl methyl sites for hydroxylation is 1. The van der Waals surface area contributed by atoms with Gasteiger partial charge in [-0.3, -0.25) is 10.1 Å². The summed E-state index contributed by atoms with van der Waals surface area (Å²) in [5, 5.41) is 22.7. The highest BCUT2D eigenvalue weighted by atomic mass is 16.6. The second-order valence-corrected chi connectivity index (χ2v) is 4.26. The molecule has 0 saturated heterocycles.